The van der Waals surface area contributed by atoms with Gasteiger partial charge in [-0.25, -0.2) is 18.1 Å². The third-order valence-corrected chi connectivity index (χ3v) is 5.30. The zero-order chi connectivity index (χ0) is 16.3. The number of hydrogen-bond donors (Lipinski definition) is 0. The molecule has 0 saturated heterocycles. The molecule has 0 fully saturated rings. The van der Waals surface area contributed by atoms with E-state index in [0.717, 1.165) is 17.7 Å². The van der Waals surface area contributed by atoms with Crippen molar-refractivity contribution in [1.29, 1.82) is 0 Å². The summed E-state index contributed by atoms with van der Waals surface area (Å²) in [5.74, 6) is -0.459. The van der Waals surface area contributed by atoms with Crippen molar-refractivity contribution in [3.05, 3.63) is 29.3 Å². The van der Waals surface area contributed by atoms with E-state index in [0.29, 0.717) is 11.1 Å². The number of amides is 2. The van der Waals surface area contributed by atoms with Crippen LogP contribution in [-0.4, -0.2) is 37.7 Å². The number of benzene rings is 1. The van der Waals surface area contributed by atoms with Crippen molar-refractivity contribution in [3.8, 4) is 0 Å². The van der Waals surface area contributed by atoms with E-state index in [9.17, 15) is 18.0 Å². The lowest BCUT2D eigenvalue weighted by molar-refractivity contribution is 0.0678. The zero-order valence-electron chi connectivity index (χ0n) is 12.7. The van der Waals surface area contributed by atoms with Gasteiger partial charge in [-0.2, -0.15) is 0 Å². The molecule has 0 aromatic heterocycles. The highest BCUT2D eigenvalue weighted by molar-refractivity contribution is 7.91. The molecule has 1 aromatic carbocycles. The molecule has 1 aliphatic heterocycles. The molecule has 120 valence electrons. The fraction of sp³-hybridized carbons (Fsp3) is 0.467. The Balaban J connectivity index is 2.19. The van der Waals surface area contributed by atoms with Crippen LogP contribution in [-0.2, 0) is 21.1 Å². The third-order valence-electron chi connectivity index (χ3n) is 3.56. The molecule has 0 radical (unpaired) electrons. The normalized spacial score (nSPS) is 14.1. The molecule has 7 heteroatoms. The number of rotatable bonds is 5. The van der Waals surface area contributed by atoms with Crippen molar-refractivity contribution < 1.29 is 22.7 Å². The topological polar surface area (TPSA) is 80.8 Å². The Morgan fingerprint density at radius 3 is 2.68 bits per heavy atom. The molecule has 0 spiro atoms. The molecule has 1 aromatic rings. The summed E-state index contributed by atoms with van der Waals surface area (Å²) in [5, 5.41) is 0. The van der Waals surface area contributed by atoms with Crippen LogP contribution in [0.25, 0.3) is 0 Å². The number of carbonyl (C=O) groups excluding carboxylic acids is 2. The fourth-order valence-corrected chi connectivity index (χ4v) is 3.12. The Kier molecular flexibility index (Phi) is 4.85. The van der Waals surface area contributed by atoms with Gasteiger partial charge in [-0.1, -0.05) is 20.3 Å². The van der Waals surface area contributed by atoms with Gasteiger partial charge in [0.05, 0.1) is 23.8 Å². The van der Waals surface area contributed by atoms with Crippen molar-refractivity contribution in [3.63, 3.8) is 0 Å². The van der Waals surface area contributed by atoms with Crippen molar-refractivity contribution in [2.24, 2.45) is 0 Å². The van der Waals surface area contributed by atoms with Crippen molar-refractivity contribution in [1.82, 2.24) is 4.90 Å². The highest BCUT2D eigenvalue weighted by Crippen LogP contribution is 2.26. The van der Waals surface area contributed by atoms with Gasteiger partial charge < -0.3 is 4.74 Å². The van der Waals surface area contributed by atoms with Gasteiger partial charge >= 0.3 is 6.09 Å². The second kappa shape index (κ2) is 6.48. The first kappa shape index (κ1) is 16.5. The molecule has 22 heavy (non-hydrogen) atoms. The highest BCUT2D eigenvalue weighted by atomic mass is 32.2. The van der Waals surface area contributed by atoms with Gasteiger partial charge in [-0.3, -0.25) is 4.79 Å². The Morgan fingerprint density at radius 2 is 2.05 bits per heavy atom. The number of ether oxygens (including phenoxy) is 1. The smallest absolute Gasteiger partial charge is 0.417 e. The summed E-state index contributed by atoms with van der Waals surface area (Å²) in [4.78, 5) is 25.3. The Morgan fingerprint density at radius 1 is 1.32 bits per heavy atom. The maximum absolute atomic E-state index is 12.2. The number of carbonyl (C=O) groups is 2. The minimum atomic E-state index is -3.34. The van der Waals surface area contributed by atoms with Gasteiger partial charge in [-0.15, -0.1) is 0 Å². The van der Waals surface area contributed by atoms with E-state index in [4.69, 9.17) is 4.74 Å². The molecular weight excluding hydrogens is 306 g/mol. The van der Waals surface area contributed by atoms with E-state index in [-0.39, 0.29) is 23.8 Å². The van der Waals surface area contributed by atoms with E-state index in [1.807, 2.05) is 6.92 Å². The van der Waals surface area contributed by atoms with E-state index in [2.05, 4.69) is 0 Å². The SMILES string of the molecule is CCCCOC(=O)N1Cc2cc(S(=O)(=O)CC)ccc2C1=O. The third kappa shape index (κ3) is 3.14. The zero-order valence-corrected chi connectivity index (χ0v) is 13.5. The van der Waals surface area contributed by atoms with Crippen LogP contribution in [0.3, 0.4) is 0 Å². The van der Waals surface area contributed by atoms with Crippen LogP contribution < -0.4 is 0 Å². The van der Waals surface area contributed by atoms with Gasteiger partial charge in [0.1, 0.15) is 0 Å². The minimum absolute atomic E-state index is 0.0114. The maximum Gasteiger partial charge on any atom is 0.417 e. The largest absolute Gasteiger partial charge is 0.449 e. The van der Waals surface area contributed by atoms with Gasteiger partial charge in [0.15, 0.2) is 9.84 Å². The van der Waals surface area contributed by atoms with E-state index in [1.54, 1.807) is 6.92 Å². The number of nitrogens with zero attached hydrogens (tertiary/aromatic N) is 1. The summed E-state index contributed by atoms with van der Waals surface area (Å²) < 4.78 is 28.8. The van der Waals surface area contributed by atoms with Crippen molar-refractivity contribution >= 4 is 21.8 Å². The Labute approximate surface area is 130 Å². The summed E-state index contributed by atoms with van der Waals surface area (Å²) >= 11 is 0. The number of unbranched alkanes of at least 4 members (excludes halogenated alkanes) is 1. The van der Waals surface area contributed by atoms with Crippen LogP contribution in [0.4, 0.5) is 4.79 Å². The minimum Gasteiger partial charge on any atom is -0.449 e. The van der Waals surface area contributed by atoms with Gasteiger partial charge in [0, 0.05) is 5.56 Å². The summed E-state index contributed by atoms with van der Waals surface area (Å²) in [7, 11) is -3.34. The second-order valence-electron chi connectivity index (χ2n) is 5.08. The molecule has 0 saturated carbocycles. The number of hydrogen-bond acceptors (Lipinski definition) is 5. The molecule has 0 bridgehead atoms. The maximum atomic E-state index is 12.2. The monoisotopic (exact) mass is 325 g/mol. The van der Waals surface area contributed by atoms with Crippen LogP contribution in [0.15, 0.2) is 23.1 Å². The van der Waals surface area contributed by atoms with Crippen molar-refractivity contribution in [2.45, 2.75) is 38.1 Å². The van der Waals surface area contributed by atoms with Crippen LogP contribution in [0.2, 0.25) is 0 Å². The van der Waals surface area contributed by atoms with Crippen molar-refractivity contribution in [2.75, 3.05) is 12.4 Å². The fourth-order valence-electron chi connectivity index (χ4n) is 2.19. The highest BCUT2D eigenvalue weighted by Gasteiger charge is 2.33. The number of fused-ring (bicyclic) bond motifs is 1. The predicted octanol–water partition coefficient (Wildman–Crippen LogP) is 2.37. The lowest BCUT2D eigenvalue weighted by atomic mass is 10.1. The van der Waals surface area contributed by atoms with Crippen LogP contribution >= 0.6 is 0 Å². The standard InChI is InChI=1S/C15H19NO5S/c1-3-5-8-21-15(18)16-10-11-9-12(22(19,20)4-2)6-7-13(11)14(16)17/h6-7,9H,3-5,8,10H2,1-2H3. The average molecular weight is 325 g/mol. The molecule has 2 rings (SSSR count). The van der Waals surface area contributed by atoms with Gasteiger partial charge in [0.2, 0.25) is 0 Å². The predicted molar refractivity (Wildman–Crippen MR) is 80.3 cm³/mol. The first-order valence-electron chi connectivity index (χ1n) is 7.25. The molecule has 0 atom stereocenters. The number of imide groups is 1. The number of sulfone groups is 1. The molecule has 2 amide bonds. The van der Waals surface area contributed by atoms with E-state index >= 15 is 0 Å². The van der Waals surface area contributed by atoms with Crippen LogP contribution in [0.5, 0.6) is 0 Å². The van der Waals surface area contributed by atoms with Gasteiger partial charge in [-0.05, 0) is 30.2 Å². The summed E-state index contributed by atoms with van der Waals surface area (Å²) in [6, 6.07) is 4.33. The first-order valence-corrected chi connectivity index (χ1v) is 8.90. The molecular formula is C15H19NO5S. The first-order chi connectivity index (χ1) is 10.4. The van der Waals surface area contributed by atoms with E-state index in [1.165, 1.54) is 18.2 Å². The average Bonchev–Trinajstić information content (AvgIpc) is 2.84. The van der Waals surface area contributed by atoms with E-state index < -0.39 is 21.8 Å². The van der Waals surface area contributed by atoms with Gasteiger partial charge in [0.25, 0.3) is 5.91 Å². The molecule has 0 unspecified atom stereocenters. The summed E-state index contributed by atoms with van der Waals surface area (Å²) in [5.41, 5.74) is 0.884. The molecule has 1 aliphatic rings. The van der Waals surface area contributed by atoms with Crippen LogP contribution in [0, 0.1) is 0 Å². The quantitative estimate of drug-likeness (QED) is 0.776. The lowest BCUT2D eigenvalue weighted by Crippen LogP contribution is -2.31. The van der Waals surface area contributed by atoms with Crippen LogP contribution in [0.1, 0.15) is 42.6 Å². The summed E-state index contributed by atoms with van der Waals surface area (Å²) in [6.45, 7) is 3.85. The lowest BCUT2D eigenvalue weighted by Gasteiger charge is -2.13. The second-order valence-corrected chi connectivity index (χ2v) is 7.36. The Hall–Kier alpha value is -1.89. The molecule has 0 aliphatic carbocycles. The molecule has 0 N–H and O–H groups in total. The molecule has 1 heterocycles. The Bertz CT molecular complexity index is 696. The molecule has 6 nitrogen and oxygen atoms in total. The summed E-state index contributed by atoms with van der Waals surface area (Å²) in [6.07, 6.45) is 0.939.